The number of rotatable bonds is 5. The minimum Gasteiger partial charge on any atom is -0.480 e. The fourth-order valence-electron chi connectivity index (χ4n) is 1.55. The number of hydrogen-bond acceptors (Lipinski definition) is 3. The van der Waals surface area contributed by atoms with E-state index in [1.165, 1.54) is 13.8 Å². The minimum absolute atomic E-state index is 0.568. The molecule has 0 aliphatic rings. The highest BCUT2D eigenvalue weighted by molar-refractivity contribution is 5.98. The lowest BCUT2D eigenvalue weighted by atomic mass is 9.90. The zero-order valence-corrected chi connectivity index (χ0v) is 11.8. The Hall–Kier alpha value is -1.84. The summed E-state index contributed by atoms with van der Waals surface area (Å²) in [6, 6.07) is 9.33. The van der Waals surface area contributed by atoms with E-state index in [4.69, 9.17) is 9.84 Å². The smallest absolute Gasteiger partial charge is 0.323 e. The predicted molar refractivity (Wildman–Crippen MR) is 71.6 cm³/mol. The molecule has 0 saturated carbocycles. The molecule has 1 unspecified atom stereocenters. The number of ether oxygens (including phenoxy) is 1. The molecule has 4 heteroatoms. The Morgan fingerprint density at radius 2 is 1.68 bits per heavy atom. The maximum absolute atomic E-state index is 12.1. The van der Waals surface area contributed by atoms with Gasteiger partial charge in [0.1, 0.15) is 5.60 Å². The molecule has 1 aromatic rings. The summed E-state index contributed by atoms with van der Waals surface area (Å²) < 4.78 is 5.48. The van der Waals surface area contributed by atoms with Gasteiger partial charge in [-0.2, -0.15) is 0 Å². The maximum atomic E-state index is 12.1. The van der Waals surface area contributed by atoms with Crippen LogP contribution >= 0.6 is 0 Å². The fraction of sp³-hybridized carbons (Fsp3) is 0.467. The van der Waals surface area contributed by atoms with Gasteiger partial charge in [0.2, 0.25) is 0 Å². The van der Waals surface area contributed by atoms with Crippen molar-refractivity contribution < 1.29 is 19.4 Å². The number of esters is 1. The molecule has 0 aliphatic heterocycles. The van der Waals surface area contributed by atoms with Gasteiger partial charge < -0.3 is 9.84 Å². The summed E-state index contributed by atoms with van der Waals surface area (Å²) in [4.78, 5) is 23.1. The van der Waals surface area contributed by atoms with Crippen LogP contribution in [-0.4, -0.2) is 17.0 Å². The van der Waals surface area contributed by atoms with Crippen LogP contribution in [0.2, 0.25) is 0 Å². The molecule has 0 fully saturated rings. The first-order valence-electron chi connectivity index (χ1n) is 6.26. The Balaban J connectivity index is 3.01. The predicted octanol–water partition coefficient (Wildman–Crippen LogP) is 2.97. The lowest BCUT2D eigenvalue weighted by Gasteiger charge is -2.32. The van der Waals surface area contributed by atoms with Crippen LogP contribution in [0.5, 0.6) is 0 Å². The van der Waals surface area contributed by atoms with Crippen LogP contribution in [0.15, 0.2) is 30.3 Å². The molecule has 1 aromatic carbocycles. The first-order valence-corrected chi connectivity index (χ1v) is 6.26. The monoisotopic (exact) mass is 264 g/mol. The van der Waals surface area contributed by atoms with Gasteiger partial charge in [-0.25, -0.2) is 0 Å². The molecule has 0 radical (unpaired) electrons. The quantitative estimate of drug-likeness (QED) is 0.656. The molecule has 0 spiro atoms. The number of carboxylic acid groups (broad SMARTS) is 1. The molecule has 0 saturated heterocycles. The molecule has 104 valence electrons. The SMILES string of the molecule is CCC(C)(OC(=O)C(C)(C)C(=O)O)c1ccccc1. The third kappa shape index (κ3) is 3.13. The molecule has 19 heavy (non-hydrogen) atoms. The van der Waals surface area contributed by atoms with Crippen molar-refractivity contribution in [3.8, 4) is 0 Å². The van der Waals surface area contributed by atoms with Gasteiger partial charge >= 0.3 is 11.9 Å². The van der Waals surface area contributed by atoms with Gasteiger partial charge in [-0.05, 0) is 32.8 Å². The van der Waals surface area contributed by atoms with Gasteiger partial charge in [-0.15, -0.1) is 0 Å². The highest BCUT2D eigenvalue weighted by atomic mass is 16.6. The summed E-state index contributed by atoms with van der Waals surface area (Å²) in [7, 11) is 0. The van der Waals surface area contributed by atoms with Crippen molar-refractivity contribution in [2.75, 3.05) is 0 Å². The summed E-state index contributed by atoms with van der Waals surface area (Å²) in [5, 5.41) is 9.05. The minimum atomic E-state index is -1.55. The number of benzene rings is 1. The highest BCUT2D eigenvalue weighted by Crippen LogP contribution is 2.32. The van der Waals surface area contributed by atoms with Gasteiger partial charge in [0.25, 0.3) is 0 Å². The maximum Gasteiger partial charge on any atom is 0.323 e. The van der Waals surface area contributed by atoms with Gasteiger partial charge in [0, 0.05) is 0 Å². The van der Waals surface area contributed by atoms with E-state index in [-0.39, 0.29) is 0 Å². The molecule has 4 nitrogen and oxygen atoms in total. The van der Waals surface area contributed by atoms with Gasteiger partial charge in [-0.3, -0.25) is 9.59 Å². The Morgan fingerprint density at radius 1 is 1.16 bits per heavy atom. The molecule has 0 amide bonds. The van der Waals surface area contributed by atoms with Crippen LogP contribution in [0, 0.1) is 5.41 Å². The van der Waals surface area contributed by atoms with E-state index >= 15 is 0 Å². The number of carbonyl (C=O) groups excluding carboxylic acids is 1. The van der Waals surface area contributed by atoms with E-state index in [0.29, 0.717) is 6.42 Å². The van der Waals surface area contributed by atoms with Gasteiger partial charge in [0.05, 0.1) is 0 Å². The van der Waals surface area contributed by atoms with Crippen molar-refractivity contribution >= 4 is 11.9 Å². The first kappa shape index (κ1) is 15.2. The summed E-state index contributed by atoms with van der Waals surface area (Å²) in [5.41, 5.74) is -1.51. The highest BCUT2D eigenvalue weighted by Gasteiger charge is 2.41. The van der Waals surface area contributed by atoms with Crippen LogP contribution in [-0.2, 0) is 19.9 Å². The van der Waals surface area contributed by atoms with Crippen molar-refractivity contribution in [1.82, 2.24) is 0 Å². The zero-order valence-electron chi connectivity index (χ0n) is 11.8. The summed E-state index contributed by atoms with van der Waals surface area (Å²) in [5.74, 6) is -1.92. The van der Waals surface area contributed by atoms with E-state index in [2.05, 4.69) is 0 Å². The van der Waals surface area contributed by atoms with Crippen molar-refractivity contribution in [3.05, 3.63) is 35.9 Å². The molecule has 1 rings (SSSR count). The van der Waals surface area contributed by atoms with Crippen LogP contribution in [0.3, 0.4) is 0 Å². The summed E-state index contributed by atoms with van der Waals surface area (Å²) >= 11 is 0. The Morgan fingerprint density at radius 3 is 2.11 bits per heavy atom. The molecular formula is C15H20O4. The molecule has 1 N–H and O–H groups in total. The van der Waals surface area contributed by atoms with Crippen LogP contribution in [0.1, 0.15) is 39.7 Å². The third-order valence-electron chi connectivity index (χ3n) is 3.42. The summed E-state index contributed by atoms with van der Waals surface area (Å²) in [6.07, 6.45) is 0.568. The van der Waals surface area contributed by atoms with Gasteiger partial charge in [0.15, 0.2) is 5.41 Å². The summed E-state index contributed by atoms with van der Waals surface area (Å²) in [6.45, 7) is 6.38. The average molecular weight is 264 g/mol. The second-order valence-corrected chi connectivity index (χ2v) is 5.27. The Labute approximate surface area is 113 Å². The van der Waals surface area contributed by atoms with Crippen molar-refractivity contribution in [2.45, 2.75) is 39.7 Å². The van der Waals surface area contributed by atoms with E-state index in [0.717, 1.165) is 5.56 Å². The van der Waals surface area contributed by atoms with E-state index in [9.17, 15) is 9.59 Å². The normalized spacial score (nSPS) is 14.5. The molecular weight excluding hydrogens is 244 g/mol. The Kier molecular flexibility index (Phi) is 4.35. The standard InChI is InChI=1S/C15H20O4/c1-5-15(4,11-9-7-6-8-10-11)19-13(18)14(2,3)12(16)17/h6-10H,5H2,1-4H3,(H,16,17). The van der Waals surface area contributed by atoms with Gasteiger partial charge in [-0.1, -0.05) is 37.3 Å². The lowest BCUT2D eigenvalue weighted by Crippen LogP contribution is -2.40. The zero-order chi connectivity index (χ0) is 14.7. The van der Waals surface area contributed by atoms with Crippen molar-refractivity contribution in [3.63, 3.8) is 0 Å². The third-order valence-corrected chi connectivity index (χ3v) is 3.42. The van der Waals surface area contributed by atoms with Crippen molar-refractivity contribution in [1.29, 1.82) is 0 Å². The second kappa shape index (κ2) is 5.43. The van der Waals surface area contributed by atoms with Crippen LogP contribution in [0.4, 0.5) is 0 Å². The molecule has 0 heterocycles. The number of carboxylic acids is 1. The van der Waals surface area contributed by atoms with Crippen molar-refractivity contribution in [2.24, 2.45) is 5.41 Å². The Bertz CT molecular complexity index is 464. The lowest BCUT2D eigenvalue weighted by molar-refractivity contribution is -0.177. The van der Waals surface area contributed by atoms with Crippen LogP contribution in [0.25, 0.3) is 0 Å². The van der Waals surface area contributed by atoms with E-state index in [1.807, 2.05) is 37.3 Å². The fourth-order valence-corrected chi connectivity index (χ4v) is 1.55. The van der Waals surface area contributed by atoms with E-state index < -0.39 is 23.0 Å². The average Bonchev–Trinajstić information content (AvgIpc) is 2.39. The first-order chi connectivity index (χ1) is 8.74. The number of carbonyl (C=O) groups is 2. The molecule has 1 atom stereocenters. The van der Waals surface area contributed by atoms with E-state index in [1.54, 1.807) is 6.92 Å². The topological polar surface area (TPSA) is 63.6 Å². The molecule has 0 bridgehead atoms. The number of hydrogen-bond donors (Lipinski definition) is 1. The van der Waals surface area contributed by atoms with Crippen LogP contribution < -0.4 is 0 Å². The molecule has 0 aliphatic carbocycles. The molecule has 0 aromatic heterocycles. The largest absolute Gasteiger partial charge is 0.480 e. The number of aliphatic carboxylic acids is 1. The second-order valence-electron chi connectivity index (χ2n) is 5.27.